The van der Waals surface area contributed by atoms with Crippen molar-refractivity contribution in [3.8, 4) is 0 Å². The quantitative estimate of drug-likeness (QED) is 0.820. The van der Waals surface area contributed by atoms with Crippen LogP contribution in [0, 0.1) is 11.8 Å². The molecule has 2 aliphatic carbocycles. The second-order valence-electron chi connectivity index (χ2n) is 7.22. The maximum absolute atomic E-state index is 6.09. The van der Waals surface area contributed by atoms with Crippen LogP contribution in [0.2, 0.25) is 0 Å². The van der Waals surface area contributed by atoms with E-state index in [2.05, 4.69) is 18.9 Å². The van der Waals surface area contributed by atoms with Crippen LogP contribution in [0.15, 0.2) is 0 Å². The summed E-state index contributed by atoms with van der Waals surface area (Å²) >= 11 is 0. The summed E-state index contributed by atoms with van der Waals surface area (Å²) < 4.78 is 0. The lowest BCUT2D eigenvalue weighted by molar-refractivity contribution is 0.101. The number of nitrogens with two attached hydrogens (primary N) is 1. The highest BCUT2D eigenvalue weighted by molar-refractivity contribution is 4.84. The van der Waals surface area contributed by atoms with E-state index < -0.39 is 0 Å². The maximum atomic E-state index is 6.09. The number of hydrogen-bond donors (Lipinski definition) is 1. The monoisotopic (exact) mass is 266 g/mol. The smallest absolute Gasteiger partial charge is 0.0220 e. The molecule has 0 amide bonds. The van der Waals surface area contributed by atoms with Crippen LogP contribution in [-0.2, 0) is 0 Å². The lowest BCUT2D eigenvalue weighted by atomic mass is 9.82. The Morgan fingerprint density at radius 3 is 2.42 bits per heavy atom. The Balaban J connectivity index is 1.84. The van der Waals surface area contributed by atoms with Crippen molar-refractivity contribution in [1.82, 2.24) is 4.90 Å². The van der Waals surface area contributed by atoms with Crippen molar-refractivity contribution in [2.75, 3.05) is 13.6 Å². The summed E-state index contributed by atoms with van der Waals surface area (Å²) in [5.74, 6) is 1.86. The first-order chi connectivity index (χ1) is 9.20. The van der Waals surface area contributed by atoms with Gasteiger partial charge in [-0.3, -0.25) is 4.90 Å². The Morgan fingerprint density at radius 2 is 1.79 bits per heavy atom. The van der Waals surface area contributed by atoms with Crippen LogP contribution < -0.4 is 5.73 Å². The molecule has 112 valence electrons. The average molecular weight is 266 g/mol. The molecule has 0 aromatic rings. The molecule has 0 saturated heterocycles. The zero-order chi connectivity index (χ0) is 13.7. The fraction of sp³-hybridized carbons (Fsp3) is 1.00. The SMILES string of the molecule is CC1CCCC(N(C)C(CN)CC2CCCCC2)C1. The largest absolute Gasteiger partial charge is 0.329 e. The van der Waals surface area contributed by atoms with E-state index >= 15 is 0 Å². The number of likely N-dealkylation sites (N-methyl/N-ethyl adjacent to an activating group) is 1. The highest BCUT2D eigenvalue weighted by Gasteiger charge is 2.28. The number of nitrogens with zero attached hydrogens (tertiary/aromatic N) is 1. The van der Waals surface area contributed by atoms with Crippen LogP contribution in [0.4, 0.5) is 0 Å². The Labute approximate surface area is 120 Å². The molecular formula is C17H34N2. The van der Waals surface area contributed by atoms with Gasteiger partial charge in [0, 0.05) is 18.6 Å². The van der Waals surface area contributed by atoms with Crippen LogP contribution >= 0.6 is 0 Å². The Hall–Kier alpha value is -0.0800. The van der Waals surface area contributed by atoms with E-state index in [1.54, 1.807) is 0 Å². The van der Waals surface area contributed by atoms with Gasteiger partial charge in [0.25, 0.3) is 0 Å². The normalized spacial score (nSPS) is 31.6. The molecule has 2 nitrogen and oxygen atoms in total. The molecule has 0 radical (unpaired) electrons. The van der Waals surface area contributed by atoms with Gasteiger partial charge in [0.05, 0.1) is 0 Å². The molecule has 2 rings (SSSR count). The maximum Gasteiger partial charge on any atom is 0.0220 e. The summed E-state index contributed by atoms with van der Waals surface area (Å²) in [5.41, 5.74) is 6.09. The Morgan fingerprint density at radius 1 is 1.05 bits per heavy atom. The molecule has 0 heterocycles. The van der Waals surface area contributed by atoms with Crippen LogP contribution in [0.3, 0.4) is 0 Å². The van der Waals surface area contributed by atoms with Gasteiger partial charge < -0.3 is 5.73 Å². The first-order valence-corrected chi connectivity index (χ1v) is 8.62. The molecule has 2 heteroatoms. The molecule has 19 heavy (non-hydrogen) atoms. The Bertz CT molecular complexity index is 248. The molecule has 3 atom stereocenters. The van der Waals surface area contributed by atoms with E-state index in [9.17, 15) is 0 Å². The van der Waals surface area contributed by atoms with Gasteiger partial charge >= 0.3 is 0 Å². The summed E-state index contributed by atoms with van der Waals surface area (Å²) in [6.07, 6.45) is 14.2. The molecule has 0 aromatic carbocycles. The molecular weight excluding hydrogens is 232 g/mol. The van der Waals surface area contributed by atoms with Crippen molar-refractivity contribution < 1.29 is 0 Å². The lowest BCUT2D eigenvalue weighted by Gasteiger charge is -2.40. The van der Waals surface area contributed by atoms with E-state index in [4.69, 9.17) is 5.73 Å². The lowest BCUT2D eigenvalue weighted by Crippen LogP contribution is -2.46. The van der Waals surface area contributed by atoms with Crippen LogP contribution in [0.5, 0.6) is 0 Å². The van der Waals surface area contributed by atoms with E-state index in [1.165, 1.54) is 64.2 Å². The van der Waals surface area contributed by atoms with Crippen molar-refractivity contribution in [1.29, 1.82) is 0 Å². The molecule has 0 aromatic heterocycles. The van der Waals surface area contributed by atoms with Crippen molar-refractivity contribution in [3.05, 3.63) is 0 Å². The molecule has 0 aliphatic heterocycles. The van der Waals surface area contributed by atoms with Crippen LogP contribution in [0.25, 0.3) is 0 Å². The van der Waals surface area contributed by atoms with E-state index in [0.717, 1.165) is 24.4 Å². The minimum Gasteiger partial charge on any atom is -0.329 e. The molecule has 0 bridgehead atoms. The molecule has 2 aliphatic rings. The summed E-state index contributed by atoms with van der Waals surface area (Å²) in [5, 5.41) is 0. The third-order valence-corrected chi connectivity index (χ3v) is 5.66. The third kappa shape index (κ3) is 4.46. The molecule has 0 spiro atoms. The van der Waals surface area contributed by atoms with Gasteiger partial charge in [0.1, 0.15) is 0 Å². The minimum absolute atomic E-state index is 0.624. The predicted octanol–water partition coefficient (Wildman–Crippen LogP) is 3.79. The fourth-order valence-corrected chi connectivity index (χ4v) is 4.31. The van der Waals surface area contributed by atoms with Gasteiger partial charge in [0.15, 0.2) is 0 Å². The second-order valence-corrected chi connectivity index (χ2v) is 7.22. The van der Waals surface area contributed by atoms with E-state index in [-0.39, 0.29) is 0 Å². The highest BCUT2D eigenvalue weighted by atomic mass is 15.2. The Kier molecular flexibility index (Phi) is 6.15. The van der Waals surface area contributed by atoms with Crippen molar-refractivity contribution >= 4 is 0 Å². The van der Waals surface area contributed by atoms with Crippen molar-refractivity contribution in [2.45, 2.75) is 83.2 Å². The summed E-state index contributed by atoms with van der Waals surface area (Å²) in [7, 11) is 2.34. The fourth-order valence-electron chi connectivity index (χ4n) is 4.31. The van der Waals surface area contributed by atoms with Gasteiger partial charge in [-0.05, 0) is 38.1 Å². The van der Waals surface area contributed by atoms with Gasteiger partial charge in [-0.25, -0.2) is 0 Å². The van der Waals surface area contributed by atoms with E-state index in [0.29, 0.717) is 6.04 Å². The topological polar surface area (TPSA) is 29.3 Å². The van der Waals surface area contributed by atoms with Crippen molar-refractivity contribution in [2.24, 2.45) is 17.6 Å². The first kappa shape index (κ1) is 15.3. The molecule has 2 N–H and O–H groups in total. The van der Waals surface area contributed by atoms with Gasteiger partial charge in [-0.15, -0.1) is 0 Å². The summed E-state index contributed by atoms with van der Waals surface area (Å²) in [6.45, 7) is 3.26. The minimum atomic E-state index is 0.624. The van der Waals surface area contributed by atoms with E-state index in [1.807, 2.05) is 0 Å². The van der Waals surface area contributed by atoms with Gasteiger partial charge in [-0.1, -0.05) is 51.9 Å². The predicted molar refractivity (Wildman–Crippen MR) is 83.2 cm³/mol. The van der Waals surface area contributed by atoms with Crippen LogP contribution in [-0.4, -0.2) is 30.6 Å². The number of hydrogen-bond acceptors (Lipinski definition) is 2. The summed E-state index contributed by atoms with van der Waals surface area (Å²) in [4.78, 5) is 2.64. The third-order valence-electron chi connectivity index (χ3n) is 5.66. The van der Waals surface area contributed by atoms with Gasteiger partial charge in [0.2, 0.25) is 0 Å². The first-order valence-electron chi connectivity index (χ1n) is 8.62. The number of rotatable bonds is 5. The molecule has 3 unspecified atom stereocenters. The highest BCUT2D eigenvalue weighted by Crippen LogP contribution is 2.31. The van der Waals surface area contributed by atoms with Crippen LogP contribution in [0.1, 0.15) is 71.1 Å². The zero-order valence-electron chi connectivity index (χ0n) is 13.1. The second kappa shape index (κ2) is 7.64. The van der Waals surface area contributed by atoms with Gasteiger partial charge in [-0.2, -0.15) is 0 Å². The van der Waals surface area contributed by atoms with Crippen molar-refractivity contribution in [3.63, 3.8) is 0 Å². The average Bonchev–Trinajstić information content (AvgIpc) is 2.45. The zero-order valence-corrected chi connectivity index (χ0v) is 13.1. The molecule has 2 fully saturated rings. The molecule has 2 saturated carbocycles. The standard InChI is InChI=1S/C17H34N2/c1-14-7-6-10-16(11-14)19(2)17(13-18)12-15-8-4-3-5-9-15/h14-17H,3-13,18H2,1-2H3. The summed E-state index contributed by atoms with van der Waals surface area (Å²) in [6, 6.07) is 1.42.